The first-order valence-corrected chi connectivity index (χ1v) is 7.52. The zero-order valence-corrected chi connectivity index (χ0v) is 11.7. The van der Waals surface area contributed by atoms with E-state index in [9.17, 15) is 9.90 Å². The minimum Gasteiger partial charge on any atom is -0.453 e. The molecule has 0 aliphatic heterocycles. The standard InChI is InChI=1S/C16H24O3/c1-3-14(18)19-15(2,10-17)16-8-7-11(9-16)12-5-4-6-13(12)16/h3,11-13,17H,1,4-10H2,2H3. The van der Waals surface area contributed by atoms with E-state index in [1.165, 1.54) is 31.8 Å². The zero-order valence-electron chi connectivity index (χ0n) is 11.7. The fourth-order valence-electron chi connectivity index (χ4n) is 5.48. The first kappa shape index (κ1) is 13.2. The van der Waals surface area contributed by atoms with E-state index in [1.807, 2.05) is 6.92 Å². The average Bonchev–Trinajstić information content (AvgIpc) is 3.10. The van der Waals surface area contributed by atoms with E-state index in [0.29, 0.717) is 5.92 Å². The Balaban J connectivity index is 1.93. The maximum Gasteiger partial charge on any atom is 0.330 e. The minimum atomic E-state index is -0.739. The number of ether oxygens (including phenoxy) is 1. The van der Waals surface area contributed by atoms with Crippen molar-refractivity contribution in [3.63, 3.8) is 0 Å². The molecule has 3 saturated carbocycles. The molecule has 3 aliphatic carbocycles. The number of aliphatic hydroxyl groups excluding tert-OH is 1. The first-order valence-electron chi connectivity index (χ1n) is 7.52. The lowest BCUT2D eigenvalue weighted by atomic mass is 9.62. The molecule has 0 saturated heterocycles. The van der Waals surface area contributed by atoms with Crippen LogP contribution in [0.15, 0.2) is 12.7 Å². The highest BCUT2D eigenvalue weighted by Gasteiger charge is 2.66. The summed E-state index contributed by atoms with van der Waals surface area (Å²) in [5, 5.41) is 9.91. The summed E-state index contributed by atoms with van der Waals surface area (Å²) in [6, 6.07) is 0. The monoisotopic (exact) mass is 264 g/mol. The third-order valence-electron chi connectivity index (χ3n) is 6.32. The summed E-state index contributed by atoms with van der Waals surface area (Å²) in [7, 11) is 0. The number of esters is 1. The van der Waals surface area contributed by atoms with Crippen molar-refractivity contribution >= 4 is 5.97 Å². The SMILES string of the molecule is C=CC(=O)OC(C)(CO)C12CCC(C1)C1CCCC12. The summed E-state index contributed by atoms with van der Waals surface area (Å²) in [4.78, 5) is 11.7. The van der Waals surface area contributed by atoms with E-state index < -0.39 is 11.6 Å². The van der Waals surface area contributed by atoms with Crippen molar-refractivity contribution < 1.29 is 14.6 Å². The Morgan fingerprint density at radius 3 is 3.00 bits per heavy atom. The van der Waals surface area contributed by atoms with Gasteiger partial charge in [0.2, 0.25) is 0 Å². The molecule has 0 spiro atoms. The highest BCUT2D eigenvalue weighted by Crippen LogP contribution is 2.69. The molecule has 3 aliphatic rings. The van der Waals surface area contributed by atoms with Gasteiger partial charge in [-0.25, -0.2) is 4.79 Å². The van der Waals surface area contributed by atoms with Crippen LogP contribution in [0.4, 0.5) is 0 Å². The summed E-state index contributed by atoms with van der Waals surface area (Å²) >= 11 is 0. The van der Waals surface area contributed by atoms with Gasteiger partial charge in [-0.2, -0.15) is 0 Å². The van der Waals surface area contributed by atoms with Crippen molar-refractivity contribution in [3.05, 3.63) is 12.7 Å². The van der Waals surface area contributed by atoms with Crippen LogP contribution in [0.2, 0.25) is 0 Å². The number of fused-ring (bicyclic) bond motifs is 5. The van der Waals surface area contributed by atoms with Crippen LogP contribution in [0.1, 0.15) is 45.4 Å². The van der Waals surface area contributed by atoms with E-state index in [4.69, 9.17) is 4.74 Å². The summed E-state index contributed by atoms with van der Waals surface area (Å²) in [5.74, 6) is 1.83. The molecule has 106 valence electrons. The van der Waals surface area contributed by atoms with Crippen LogP contribution >= 0.6 is 0 Å². The van der Waals surface area contributed by atoms with Crippen molar-refractivity contribution in [2.24, 2.45) is 23.2 Å². The second kappa shape index (κ2) is 4.34. The lowest BCUT2D eigenvalue weighted by molar-refractivity contribution is -0.183. The van der Waals surface area contributed by atoms with Crippen LogP contribution in [-0.2, 0) is 9.53 Å². The van der Waals surface area contributed by atoms with Crippen molar-refractivity contribution in [2.75, 3.05) is 6.61 Å². The van der Waals surface area contributed by atoms with Crippen LogP contribution in [0, 0.1) is 23.2 Å². The quantitative estimate of drug-likeness (QED) is 0.627. The molecule has 2 bridgehead atoms. The number of carbonyl (C=O) groups is 1. The average molecular weight is 264 g/mol. The molecule has 0 aromatic rings. The predicted molar refractivity (Wildman–Crippen MR) is 72.4 cm³/mol. The van der Waals surface area contributed by atoms with Gasteiger partial charge in [0.15, 0.2) is 0 Å². The molecule has 5 unspecified atom stereocenters. The van der Waals surface area contributed by atoms with E-state index in [1.54, 1.807) is 0 Å². The molecule has 0 aromatic heterocycles. The van der Waals surface area contributed by atoms with Crippen molar-refractivity contribution in [3.8, 4) is 0 Å². The fourth-order valence-corrected chi connectivity index (χ4v) is 5.48. The Kier molecular flexibility index (Phi) is 3.01. The summed E-state index contributed by atoms with van der Waals surface area (Å²) < 4.78 is 5.64. The maximum absolute atomic E-state index is 11.7. The predicted octanol–water partition coefficient (Wildman–Crippen LogP) is 2.68. The van der Waals surface area contributed by atoms with E-state index >= 15 is 0 Å². The minimum absolute atomic E-state index is 0.00620. The number of rotatable bonds is 4. The van der Waals surface area contributed by atoms with Gasteiger partial charge in [-0.05, 0) is 56.8 Å². The molecule has 0 radical (unpaired) electrons. The number of carbonyl (C=O) groups excluding carboxylic acids is 1. The number of hydrogen-bond donors (Lipinski definition) is 1. The molecule has 3 fully saturated rings. The third kappa shape index (κ3) is 1.63. The smallest absolute Gasteiger partial charge is 0.330 e. The first-order chi connectivity index (χ1) is 9.06. The summed E-state index contributed by atoms with van der Waals surface area (Å²) in [6.07, 6.45) is 8.53. The zero-order chi connectivity index (χ0) is 13.7. The van der Waals surface area contributed by atoms with Gasteiger partial charge in [-0.1, -0.05) is 13.0 Å². The molecule has 3 heteroatoms. The van der Waals surface area contributed by atoms with E-state index in [0.717, 1.165) is 24.7 Å². The third-order valence-corrected chi connectivity index (χ3v) is 6.32. The summed E-state index contributed by atoms with van der Waals surface area (Å²) in [6.45, 7) is 5.32. The fraction of sp³-hybridized carbons (Fsp3) is 0.812. The molecule has 3 nitrogen and oxygen atoms in total. The van der Waals surface area contributed by atoms with Gasteiger partial charge in [0.25, 0.3) is 0 Å². The van der Waals surface area contributed by atoms with Gasteiger partial charge in [0.1, 0.15) is 5.60 Å². The maximum atomic E-state index is 11.7. The van der Waals surface area contributed by atoms with Gasteiger partial charge in [0.05, 0.1) is 6.61 Å². The van der Waals surface area contributed by atoms with Crippen LogP contribution in [0.25, 0.3) is 0 Å². The lowest BCUT2D eigenvalue weighted by Gasteiger charge is -2.48. The van der Waals surface area contributed by atoms with Gasteiger partial charge in [-0.15, -0.1) is 0 Å². The molecular formula is C16H24O3. The second-order valence-electron chi connectivity index (χ2n) is 6.87. The molecule has 5 atom stereocenters. The van der Waals surface area contributed by atoms with Crippen LogP contribution < -0.4 is 0 Å². The molecular weight excluding hydrogens is 240 g/mol. The Bertz CT molecular complexity index is 405. The van der Waals surface area contributed by atoms with Crippen molar-refractivity contribution in [2.45, 2.75) is 51.0 Å². The number of hydrogen-bond acceptors (Lipinski definition) is 3. The Morgan fingerprint density at radius 2 is 2.32 bits per heavy atom. The second-order valence-corrected chi connectivity index (χ2v) is 6.87. The molecule has 3 rings (SSSR count). The van der Waals surface area contributed by atoms with Crippen LogP contribution in [-0.4, -0.2) is 23.3 Å². The lowest BCUT2D eigenvalue weighted by Crippen LogP contribution is -2.53. The Morgan fingerprint density at radius 1 is 1.53 bits per heavy atom. The van der Waals surface area contributed by atoms with Gasteiger partial charge < -0.3 is 9.84 Å². The highest BCUT2D eigenvalue weighted by atomic mass is 16.6. The number of aliphatic hydroxyl groups is 1. The van der Waals surface area contributed by atoms with Crippen LogP contribution in [0.3, 0.4) is 0 Å². The van der Waals surface area contributed by atoms with Gasteiger partial charge in [-0.3, -0.25) is 0 Å². The molecule has 0 aromatic carbocycles. The van der Waals surface area contributed by atoms with E-state index in [2.05, 4.69) is 6.58 Å². The molecule has 0 heterocycles. The van der Waals surface area contributed by atoms with Crippen molar-refractivity contribution in [1.82, 2.24) is 0 Å². The molecule has 0 amide bonds. The Hall–Kier alpha value is -0.830. The Labute approximate surface area is 115 Å². The topological polar surface area (TPSA) is 46.5 Å². The molecule has 1 N–H and O–H groups in total. The van der Waals surface area contributed by atoms with Gasteiger partial charge in [0, 0.05) is 11.5 Å². The summed E-state index contributed by atoms with van der Waals surface area (Å²) in [5.41, 5.74) is -0.733. The molecule has 19 heavy (non-hydrogen) atoms. The largest absolute Gasteiger partial charge is 0.453 e. The van der Waals surface area contributed by atoms with E-state index in [-0.39, 0.29) is 12.0 Å². The highest BCUT2D eigenvalue weighted by molar-refractivity contribution is 5.81. The van der Waals surface area contributed by atoms with Crippen molar-refractivity contribution in [1.29, 1.82) is 0 Å². The van der Waals surface area contributed by atoms with Gasteiger partial charge >= 0.3 is 5.97 Å². The normalized spacial score (nSPS) is 42.7. The van der Waals surface area contributed by atoms with Crippen LogP contribution in [0.5, 0.6) is 0 Å².